The summed E-state index contributed by atoms with van der Waals surface area (Å²) < 4.78 is 1.88. The highest BCUT2D eigenvalue weighted by Gasteiger charge is 2.18. The molecule has 1 saturated heterocycles. The molecular weight excluding hydrogens is 212 g/mol. The third-order valence-corrected chi connectivity index (χ3v) is 3.65. The van der Waals surface area contributed by atoms with E-state index in [2.05, 4.69) is 35.4 Å². The molecule has 1 aromatic heterocycles. The van der Waals surface area contributed by atoms with Crippen molar-refractivity contribution in [3.05, 3.63) is 12.4 Å². The van der Waals surface area contributed by atoms with Crippen molar-refractivity contribution in [1.82, 2.24) is 15.1 Å². The fourth-order valence-electron chi connectivity index (χ4n) is 2.49. The van der Waals surface area contributed by atoms with Crippen LogP contribution in [0.2, 0.25) is 0 Å². The van der Waals surface area contributed by atoms with E-state index in [9.17, 15) is 0 Å². The number of anilines is 1. The molecule has 2 atom stereocenters. The lowest BCUT2D eigenvalue weighted by Crippen LogP contribution is -2.44. The van der Waals surface area contributed by atoms with Crippen LogP contribution in [0.3, 0.4) is 0 Å². The second kappa shape index (κ2) is 5.54. The number of aryl methyl sites for hydroxylation is 1. The molecule has 4 nitrogen and oxygen atoms in total. The summed E-state index contributed by atoms with van der Waals surface area (Å²) in [6.45, 7) is 6.80. The fourth-order valence-corrected chi connectivity index (χ4v) is 2.49. The standard InChI is InChI=1S/C13H24N4/c1-4-12-6-8-17(7-5-11(2)15-12)13-9-14-16(3)10-13/h9-12,15H,4-8H2,1-3H3. The average Bonchev–Trinajstić information content (AvgIpc) is 2.70. The SMILES string of the molecule is CCC1CCN(c2cnn(C)c2)CCC(C)N1. The van der Waals surface area contributed by atoms with Gasteiger partial charge in [0.25, 0.3) is 0 Å². The molecule has 1 aliphatic heterocycles. The summed E-state index contributed by atoms with van der Waals surface area (Å²) in [4.78, 5) is 2.47. The van der Waals surface area contributed by atoms with Crippen LogP contribution in [0.15, 0.2) is 12.4 Å². The van der Waals surface area contributed by atoms with E-state index < -0.39 is 0 Å². The van der Waals surface area contributed by atoms with Gasteiger partial charge in [-0.25, -0.2) is 0 Å². The number of nitrogens with one attached hydrogen (secondary N) is 1. The summed E-state index contributed by atoms with van der Waals surface area (Å²) in [5.41, 5.74) is 1.26. The van der Waals surface area contributed by atoms with Crippen molar-refractivity contribution in [2.45, 2.75) is 45.2 Å². The first-order valence-corrected chi connectivity index (χ1v) is 6.68. The monoisotopic (exact) mass is 236 g/mol. The number of hydrogen-bond donors (Lipinski definition) is 1. The first-order chi connectivity index (χ1) is 8.19. The van der Waals surface area contributed by atoms with Crippen LogP contribution < -0.4 is 10.2 Å². The van der Waals surface area contributed by atoms with E-state index in [1.165, 1.54) is 24.9 Å². The van der Waals surface area contributed by atoms with Crippen molar-refractivity contribution >= 4 is 5.69 Å². The Morgan fingerprint density at radius 2 is 2.18 bits per heavy atom. The lowest BCUT2D eigenvalue weighted by molar-refractivity contribution is 0.378. The van der Waals surface area contributed by atoms with E-state index in [4.69, 9.17) is 0 Å². The van der Waals surface area contributed by atoms with E-state index >= 15 is 0 Å². The minimum atomic E-state index is 0.611. The zero-order valence-corrected chi connectivity index (χ0v) is 11.2. The van der Waals surface area contributed by atoms with Crippen LogP contribution in [0, 0.1) is 0 Å². The fraction of sp³-hybridized carbons (Fsp3) is 0.769. The molecule has 1 aliphatic rings. The third kappa shape index (κ3) is 3.22. The molecule has 1 N–H and O–H groups in total. The van der Waals surface area contributed by atoms with Gasteiger partial charge in [0.05, 0.1) is 11.9 Å². The first kappa shape index (κ1) is 12.4. The van der Waals surface area contributed by atoms with Gasteiger partial charge in [-0.05, 0) is 26.2 Å². The lowest BCUT2D eigenvalue weighted by Gasteiger charge is -2.32. The Morgan fingerprint density at radius 3 is 2.82 bits per heavy atom. The summed E-state index contributed by atoms with van der Waals surface area (Å²) in [6, 6.07) is 1.27. The van der Waals surface area contributed by atoms with Crippen molar-refractivity contribution in [1.29, 1.82) is 0 Å². The molecule has 0 radical (unpaired) electrons. The van der Waals surface area contributed by atoms with E-state index in [0.29, 0.717) is 12.1 Å². The molecule has 2 unspecified atom stereocenters. The first-order valence-electron chi connectivity index (χ1n) is 6.68. The Kier molecular flexibility index (Phi) is 4.05. The normalized spacial score (nSPS) is 26.6. The second-order valence-electron chi connectivity index (χ2n) is 5.11. The molecular formula is C13H24N4. The minimum absolute atomic E-state index is 0.611. The van der Waals surface area contributed by atoms with Gasteiger partial charge >= 0.3 is 0 Å². The zero-order valence-electron chi connectivity index (χ0n) is 11.2. The highest BCUT2D eigenvalue weighted by atomic mass is 15.3. The molecule has 0 spiro atoms. The topological polar surface area (TPSA) is 33.1 Å². The maximum atomic E-state index is 4.26. The molecule has 17 heavy (non-hydrogen) atoms. The highest BCUT2D eigenvalue weighted by molar-refractivity contribution is 5.42. The lowest BCUT2D eigenvalue weighted by atomic mass is 10.1. The van der Waals surface area contributed by atoms with E-state index in [-0.39, 0.29) is 0 Å². The van der Waals surface area contributed by atoms with Crippen molar-refractivity contribution in [3.8, 4) is 0 Å². The van der Waals surface area contributed by atoms with Crippen LogP contribution in [-0.4, -0.2) is 35.0 Å². The average molecular weight is 236 g/mol. The molecule has 96 valence electrons. The Labute approximate surface area is 104 Å². The molecule has 4 heteroatoms. The smallest absolute Gasteiger partial charge is 0.0752 e. The van der Waals surface area contributed by atoms with Crippen molar-refractivity contribution < 1.29 is 0 Å². The Bertz CT molecular complexity index is 347. The summed E-state index contributed by atoms with van der Waals surface area (Å²) >= 11 is 0. The van der Waals surface area contributed by atoms with Gasteiger partial charge in [-0.3, -0.25) is 4.68 Å². The highest BCUT2D eigenvalue weighted by Crippen LogP contribution is 2.17. The Morgan fingerprint density at radius 1 is 1.41 bits per heavy atom. The van der Waals surface area contributed by atoms with E-state index in [0.717, 1.165) is 13.1 Å². The largest absolute Gasteiger partial charge is 0.369 e. The van der Waals surface area contributed by atoms with Gasteiger partial charge in [-0.1, -0.05) is 6.92 Å². The molecule has 1 fully saturated rings. The van der Waals surface area contributed by atoms with E-state index in [1.54, 1.807) is 0 Å². The van der Waals surface area contributed by atoms with Crippen molar-refractivity contribution in [3.63, 3.8) is 0 Å². The van der Waals surface area contributed by atoms with Crippen LogP contribution in [0.5, 0.6) is 0 Å². The number of hydrogen-bond acceptors (Lipinski definition) is 3. The minimum Gasteiger partial charge on any atom is -0.369 e. The van der Waals surface area contributed by atoms with Crippen LogP contribution in [-0.2, 0) is 7.05 Å². The maximum Gasteiger partial charge on any atom is 0.0752 e. The second-order valence-corrected chi connectivity index (χ2v) is 5.11. The van der Waals surface area contributed by atoms with Gasteiger partial charge in [0, 0.05) is 38.4 Å². The van der Waals surface area contributed by atoms with E-state index in [1.807, 2.05) is 17.9 Å². The zero-order chi connectivity index (χ0) is 12.3. The van der Waals surface area contributed by atoms with Crippen LogP contribution in [0.1, 0.15) is 33.1 Å². The molecule has 0 aromatic carbocycles. The number of rotatable bonds is 2. The molecule has 1 aromatic rings. The predicted octanol–water partition coefficient (Wildman–Crippen LogP) is 1.78. The van der Waals surface area contributed by atoms with Crippen LogP contribution in [0.25, 0.3) is 0 Å². The summed E-state index contributed by atoms with van der Waals surface area (Å²) in [7, 11) is 1.98. The third-order valence-electron chi connectivity index (χ3n) is 3.65. The van der Waals surface area contributed by atoms with Gasteiger partial charge in [0.1, 0.15) is 0 Å². The molecule has 0 saturated carbocycles. The summed E-state index contributed by atoms with van der Waals surface area (Å²) in [5, 5.41) is 7.96. The number of aromatic nitrogens is 2. The van der Waals surface area contributed by atoms with Crippen molar-refractivity contribution in [2.75, 3.05) is 18.0 Å². The molecule has 2 heterocycles. The molecule has 0 bridgehead atoms. The quantitative estimate of drug-likeness (QED) is 0.849. The maximum absolute atomic E-state index is 4.26. The van der Waals surface area contributed by atoms with Crippen LogP contribution >= 0.6 is 0 Å². The van der Waals surface area contributed by atoms with Crippen molar-refractivity contribution in [2.24, 2.45) is 7.05 Å². The predicted molar refractivity (Wildman–Crippen MR) is 71.3 cm³/mol. The van der Waals surface area contributed by atoms with Gasteiger partial charge in [0.15, 0.2) is 0 Å². The summed E-state index contributed by atoms with van der Waals surface area (Å²) in [6.07, 6.45) is 7.72. The van der Waals surface area contributed by atoms with Crippen LogP contribution in [0.4, 0.5) is 5.69 Å². The van der Waals surface area contributed by atoms with Gasteiger partial charge in [-0.15, -0.1) is 0 Å². The molecule has 0 aliphatic carbocycles. The van der Waals surface area contributed by atoms with Gasteiger partial charge in [-0.2, -0.15) is 5.10 Å². The molecule has 2 rings (SSSR count). The molecule has 0 amide bonds. The summed E-state index contributed by atoms with van der Waals surface area (Å²) in [5.74, 6) is 0. The van der Waals surface area contributed by atoms with Gasteiger partial charge in [0.2, 0.25) is 0 Å². The number of nitrogens with zero attached hydrogens (tertiary/aromatic N) is 3. The Balaban J connectivity index is 2.03. The van der Waals surface area contributed by atoms with Gasteiger partial charge < -0.3 is 10.2 Å². The Hall–Kier alpha value is -1.03.